The highest BCUT2D eigenvalue weighted by Crippen LogP contribution is 2.24. The van der Waals surface area contributed by atoms with Gasteiger partial charge in [0, 0.05) is 5.92 Å². The van der Waals surface area contributed by atoms with Crippen molar-refractivity contribution in [3.63, 3.8) is 0 Å². The van der Waals surface area contributed by atoms with E-state index in [0.29, 0.717) is 22.3 Å². The fraction of sp³-hybridized carbons (Fsp3) is 0.615. The van der Waals surface area contributed by atoms with Crippen LogP contribution in [0.3, 0.4) is 0 Å². The number of thiazole rings is 1. The standard InChI is InChI=1S/C13H20N2O3S/c1-5-7-8(3)11(16)15-13-14-9(4)10(19-13)12(17)18-6-2/h8H,5-7H2,1-4H3,(H,14,15,16). The van der Waals surface area contributed by atoms with Crippen molar-refractivity contribution in [1.29, 1.82) is 0 Å². The van der Waals surface area contributed by atoms with Gasteiger partial charge in [0.15, 0.2) is 5.13 Å². The van der Waals surface area contributed by atoms with Gasteiger partial charge in [-0.3, -0.25) is 4.79 Å². The Balaban J connectivity index is 2.73. The number of nitrogens with zero attached hydrogens (tertiary/aromatic N) is 1. The predicted octanol–water partition coefficient (Wildman–Crippen LogP) is 3.00. The van der Waals surface area contributed by atoms with Crippen LogP contribution in [-0.4, -0.2) is 23.5 Å². The molecule has 0 spiro atoms. The molecule has 1 rings (SSSR count). The summed E-state index contributed by atoms with van der Waals surface area (Å²) in [6.45, 7) is 7.73. The van der Waals surface area contributed by atoms with Crippen molar-refractivity contribution >= 4 is 28.3 Å². The van der Waals surface area contributed by atoms with Crippen LogP contribution in [0.5, 0.6) is 0 Å². The van der Waals surface area contributed by atoms with Gasteiger partial charge in [-0.05, 0) is 20.3 Å². The lowest BCUT2D eigenvalue weighted by atomic mass is 10.1. The van der Waals surface area contributed by atoms with E-state index >= 15 is 0 Å². The second kappa shape index (κ2) is 7.23. The van der Waals surface area contributed by atoms with Gasteiger partial charge in [0.25, 0.3) is 0 Å². The SMILES string of the molecule is CCCC(C)C(=O)Nc1nc(C)c(C(=O)OCC)s1. The van der Waals surface area contributed by atoms with Crippen molar-refractivity contribution in [2.45, 2.75) is 40.5 Å². The number of aryl methyl sites for hydroxylation is 1. The Morgan fingerprint density at radius 2 is 2.11 bits per heavy atom. The molecule has 0 bridgehead atoms. The summed E-state index contributed by atoms with van der Waals surface area (Å²) in [7, 11) is 0. The van der Waals surface area contributed by atoms with Gasteiger partial charge in [0.1, 0.15) is 4.88 Å². The summed E-state index contributed by atoms with van der Waals surface area (Å²) < 4.78 is 4.93. The molecule has 0 aliphatic carbocycles. The Morgan fingerprint density at radius 3 is 2.68 bits per heavy atom. The number of hydrogen-bond donors (Lipinski definition) is 1. The molecule has 1 unspecified atom stereocenters. The van der Waals surface area contributed by atoms with Gasteiger partial charge in [0.2, 0.25) is 5.91 Å². The van der Waals surface area contributed by atoms with Crippen molar-refractivity contribution < 1.29 is 14.3 Å². The molecule has 106 valence electrons. The summed E-state index contributed by atoms with van der Waals surface area (Å²) in [6.07, 6.45) is 1.79. The number of amides is 1. The average molecular weight is 284 g/mol. The average Bonchev–Trinajstić information content (AvgIpc) is 2.70. The number of carbonyl (C=O) groups excluding carboxylic acids is 2. The first-order valence-corrected chi connectivity index (χ1v) is 7.26. The summed E-state index contributed by atoms with van der Waals surface area (Å²) in [5, 5.41) is 3.20. The molecule has 0 saturated carbocycles. The first kappa shape index (κ1) is 15.6. The number of anilines is 1. The van der Waals surface area contributed by atoms with Gasteiger partial charge in [-0.15, -0.1) is 0 Å². The minimum absolute atomic E-state index is 0.0553. The Bertz CT molecular complexity index is 457. The number of nitrogens with one attached hydrogen (secondary N) is 1. The minimum atomic E-state index is -0.389. The van der Waals surface area contributed by atoms with Crippen LogP contribution in [0, 0.1) is 12.8 Å². The zero-order valence-corrected chi connectivity index (χ0v) is 12.6. The first-order valence-electron chi connectivity index (χ1n) is 6.44. The molecule has 0 fully saturated rings. The van der Waals surface area contributed by atoms with Gasteiger partial charge < -0.3 is 10.1 Å². The van der Waals surface area contributed by atoms with Crippen molar-refractivity contribution in [3.8, 4) is 0 Å². The van der Waals surface area contributed by atoms with E-state index in [2.05, 4.69) is 10.3 Å². The fourth-order valence-electron chi connectivity index (χ4n) is 1.63. The molecule has 1 aromatic rings. The highest BCUT2D eigenvalue weighted by molar-refractivity contribution is 7.17. The second-order valence-electron chi connectivity index (χ2n) is 4.33. The molecule has 19 heavy (non-hydrogen) atoms. The minimum Gasteiger partial charge on any atom is -0.462 e. The molecule has 1 aromatic heterocycles. The number of aromatic nitrogens is 1. The third kappa shape index (κ3) is 4.31. The van der Waals surface area contributed by atoms with E-state index < -0.39 is 0 Å². The number of esters is 1. The van der Waals surface area contributed by atoms with Crippen LogP contribution in [0.4, 0.5) is 5.13 Å². The van der Waals surface area contributed by atoms with Crippen molar-refractivity contribution in [1.82, 2.24) is 4.98 Å². The van der Waals surface area contributed by atoms with Crippen LogP contribution in [-0.2, 0) is 9.53 Å². The lowest BCUT2D eigenvalue weighted by Gasteiger charge is -2.08. The Kier molecular flexibility index (Phi) is 5.95. The quantitative estimate of drug-likeness (QED) is 0.815. The highest BCUT2D eigenvalue weighted by Gasteiger charge is 2.19. The molecule has 1 atom stereocenters. The summed E-state index contributed by atoms with van der Waals surface area (Å²) >= 11 is 1.15. The van der Waals surface area contributed by atoms with Gasteiger partial charge in [-0.25, -0.2) is 9.78 Å². The zero-order chi connectivity index (χ0) is 14.4. The molecule has 0 radical (unpaired) electrons. The van der Waals surface area contributed by atoms with Crippen LogP contribution in [0.25, 0.3) is 0 Å². The molecule has 0 aliphatic rings. The molecule has 1 amide bonds. The van der Waals surface area contributed by atoms with Crippen LogP contribution in [0.1, 0.15) is 49.0 Å². The maximum Gasteiger partial charge on any atom is 0.350 e. The van der Waals surface area contributed by atoms with Gasteiger partial charge in [0.05, 0.1) is 12.3 Å². The highest BCUT2D eigenvalue weighted by atomic mass is 32.1. The van der Waals surface area contributed by atoms with E-state index in [1.54, 1.807) is 13.8 Å². The zero-order valence-electron chi connectivity index (χ0n) is 11.8. The molecule has 1 heterocycles. The molecule has 5 nitrogen and oxygen atoms in total. The maximum atomic E-state index is 11.9. The summed E-state index contributed by atoms with van der Waals surface area (Å²) in [5.41, 5.74) is 0.585. The first-order chi connectivity index (χ1) is 8.99. The topological polar surface area (TPSA) is 68.3 Å². The predicted molar refractivity (Wildman–Crippen MR) is 75.5 cm³/mol. The van der Waals surface area contributed by atoms with E-state index in [4.69, 9.17) is 4.74 Å². The summed E-state index contributed by atoms with van der Waals surface area (Å²) in [6, 6.07) is 0. The van der Waals surface area contributed by atoms with Crippen LogP contribution in [0.2, 0.25) is 0 Å². The molecule has 0 aliphatic heterocycles. The van der Waals surface area contributed by atoms with Crippen molar-refractivity contribution in [3.05, 3.63) is 10.6 Å². The second-order valence-corrected chi connectivity index (χ2v) is 5.33. The van der Waals surface area contributed by atoms with Crippen LogP contribution >= 0.6 is 11.3 Å². The molecular weight excluding hydrogens is 264 g/mol. The van der Waals surface area contributed by atoms with Gasteiger partial charge in [-0.1, -0.05) is 31.6 Å². The molecular formula is C13H20N2O3S. The third-order valence-corrected chi connectivity index (χ3v) is 3.71. The third-order valence-electron chi connectivity index (χ3n) is 2.66. The summed E-state index contributed by atoms with van der Waals surface area (Å²) in [5.74, 6) is -0.508. The lowest BCUT2D eigenvalue weighted by Crippen LogP contribution is -2.20. The number of carbonyl (C=O) groups is 2. The van der Waals surface area contributed by atoms with Crippen molar-refractivity contribution in [2.75, 3.05) is 11.9 Å². The van der Waals surface area contributed by atoms with Gasteiger partial charge >= 0.3 is 5.97 Å². The largest absolute Gasteiger partial charge is 0.462 e. The lowest BCUT2D eigenvalue weighted by molar-refractivity contribution is -0.119. The molecule has 6 heteroatoms. The molecule has 0 aromatic carbocycles. The molecule has 0 saturated heterocycles. The Labute approximate surface area is 117 Å². The normalized spacial score (nSPS) is 12.0. The smallest absolute Gasteiger partial charge is 0.350 e. The number of rotatable bonds is 6. The maximum absolute atomic E-state index is 11.9. The van der Waals surface area contributed by atoms with E-state index in [1.807, 2.05) is 13.8 Å². The van der Waals surface area contributed by atoms with E-state index in [9.17, 15) is 9.59 Å². The monoisotopic (exact) mass is 284 g/mol. The fourth-order valence-corrected chi connectivity index (χ4v) is 2.49. The van der Waals surface area contributed by atoms with Gasteiger partial charge in [-0.2, -0.15) is 0 Å². The Morgan fingerprint density at radius 1 is 1.42 bits per heavy atom. The van der Waals surface area contributed by atoms with Crippen LogP contribution < -0.4 is 5.32 Å². The number of ether oxygens (including phenoxy) is 1. The van der Waals surface area contributed by atoms with E-state index in [0.717, 1.165) is 24.2 Å². The van der Waals surface area contributed by atoms with Crippen LogP contribution in [0.15, 0.2) is 0 Å². The number of hydrogen-bond acceptors (Lipinski definition) is 5. The van der Waals surface area contributed by atoms with E-state index in [1.165, 1.54) is 0 Å². The van der Waals surface area contributed by atoms with Crippen molar-refractivity contribution in [2.24, 2.45) is 5.92 Å². The molecule has 1 N–H and O–H groups in total. The summed E-state index contributed by atoms with van der Waals surface area (Å²) in [4.78, 5) is 28.1. The van der Waals surface area contributed by atoms with E-state index in [-0.39, 0.29) is 17.8 Å². The Hall–Kier alpha value is -1.43.